The third-order valence-corrected chi connectivity index (χ3v) is 12.7. The number of benzene rings is 10. The average molecular weight is 741 g/mol. The van der Waals surface area contributed by atoms with Crippen molar-refractivity contribution in [2.24, 2.45) is 0 Å². The molecule has 57 heavy (non-hydrogen) atoms. The second-order valence-electron chi connectivity index (χ2n) is 14.8. The molecule has 0 fully saturated rings. The van der Waals surface area contributed by atoms with E-state index in [1.54, 1.807) is 0 Å². The topological polar surface area (TPSA) is 0 Å². The molecule has 0 radical (unpaired) electrons. The predicted octanol–water partition coefficient (Wildman–Crippen LogP) is 16.4. The average Bonchev–Trinajstić information content (AvgIpc) is 3.68. The van der Waals surface area contributed by atoms with Gasteiger partial charge in [0.25, 0.3) is 0 Å². The molecule has 11 aromatic rings. The summed E-state index contributed by atoms with van der Waals surface area (Å²) < 4.78 is 1.30. The van der Waals surface area contributed by atoms with Gasteiger partial charge in [-0.15, -0.1) is 11.3 Å². The third kappa shape index (κ3) is 5.84. The number of fused-ring (bicyclic) bond motifs is 4. The fourth-order valence-electron chi connectivity index (χ4n) is 8.76. The van der Waals surface area contributed by atoms with Gasteiger partial charge in [0.05, 0.1) is 0 Å². The van der Waals surface area contributed by atoms with Crippen LogP contribution >= 0.6 is 11.3 Å². The molecule has 10 aromatic carbocycles. The summed E-state index contributed by atoms with van der Waals surface area (Å²) >= 11 is 1.88. The first-order chi connectivity index (χ1) is 28.3. The quantitative estimate of drug-likeness (QED) is 0.149. The Bertz CT molecular complexity index is 3210. The molecule has 0 unspecified atom stereocenters. The van der Waals surface area contributed by atoms with Gasteiger partial charge in [-0.25, -0.2) is 0 Å². The van der Waals surface area contributed by atoms with Gasteiger partial charge in [-0.05, 0) is 112 Å². The van der Waals surface area contributed by atoms with E-state index in [1.807, 2.05) is 11.3 Å². The lowest BCUT2D eigenvalue weighted by Gasteiger charge is -2.18. The van der Waals surface area contributed by atoms with Crippen LogP contribution in [0.1, 0.15) is 0 Å². The molecule has 0 amide bonds. The van der Waals surface area contributed by atoms with Gasteiger partial charge in [0.2, 0.25) is 0 Å². The molecule has 0 N–H and O–H groups in total. The molecule has 0 aliphatic heterocycles. The highest BCUT2D eigenvalue weighted by Gasteiger charge is 2.19. The first kappa shape index (κ1) is 33.3. The van der Waals surface area contributed by atoms with Crippen molar-refractivity contribution in [2.75, 3.05) is 0 Å². The Balaban J connectivity index is 1.03. The normalized spacial score (nSPS) is 11.5. The van der Waals surface area contributed by atoms with E-state index in [1.165, 1.54) is 108 Å². The fourth-order valence-corrected chi connectivity index (χ4v) is 9.98. The lowest BCUT2D eigenvalue weighted by molar-refractivity contribution is 1.62. The third-order valence-electron chi connectivity index (χ3n) is 11.5. The zero-order valence-corrected chi connectivity index (χ0v) is 32.0. The minimum Gasteiger partial charge on any atom is -0.135 e. The van der Waals surface area contributed by atoms with Crippen LogP contribution in [-0.4, -0.2) is 0 Å². The Labute approximate surface area is 336 Å². The van der Waals surface area contributed by atoms with Crippen LogP contribution < -0.4 is 0 Å². The van der Waals surface area contributed by atoms with E-state index >= 15 is 0 Å². The maximum atomic E-state index is 2.39. The Morgan fingerprint density at radius 3 is 1.37 bits per heavy atom. The van der Waals surface area contributed by atoms with Crippen LogP contribution in [0.4, 0.5) is 0 Å². The largest absolute Gasteiger partial charge is 0.135 e. The summed E-state index contributed by atoms with van der Waals surface area (Å²) in [6, 6.07) is 80.1. The van der Waals surface area contributed by atoms with Crippen molar-refractivity contribution in [1.82, 2.24) is 0 Å². The van der Waals surface area contributed by atoms with Gasteiger partial charge >= 0.3 is 0 Å². The van der Waals surface area contributed by atoms with Crippen molar-refractivity contribution >= 4 is 53.7 Å². The van der Waals surface area contributed by atoms with Crippen LogP contribution in [0, 0.1) is 0 Å². The van der Waals surface area contributed by atoms with Gasteiger partial charge in [0.1, 0.15) is 0 Å². The van der Waals surface area contributed by atoms with Gasteiger partial charge in [-0.3, -0.25) is 0 Å². The Hall–Kier alpha value is -7.06. The maximum Gasteiger partial charge on any atom is 0.0433 e. The van der Waals surface area contributed by atoms with Gasteiger partial charge < -0.3 is 0 Å². The molecule has 1 heterocycles. The van der Waals surface area contributed by atoms with Crippen LogP contribution in [0.2, 0.25) is 0 Å². The van der Waals surface area contributed by atoms with Crippen molar-refractivity contribution in [1.29, 1.82) is 0 Å². The molecule has 0 atom stereocenters. The minimum atomic E-state index is 1.21. The van der Waals surface area contributed by atoms with Crippen LogP contribution in [-0.2, 0) is 0 Å². The lowest BCUT2D eigenvalue weighted by atomic mass is 9.85. The molecule has 0 saturated carbocycles. The van der Waals surface area contributed by atoms with Crippen LogP contribution in [0.15, 0.2) is 218 Å². The van der Waals surface area contributed by atoms with E-state index in [9.17, 15) is 0 Å². The predicted molar refractivity (Wildman–Crippen MR) is 247 cm³/mol. The first-order valence-corrected chi connectivity index (χ1v) is 20.4. The van der Waals surface area contributed by atoms with Crippen molar-refractivity contribution in [3.05, 3.63) is 218 Å². The molecule has 1 heteroatoms. The van der Waals surface area contributed by atoms with Crippen molar-refractivity contribution < 1.29 is 0 Å². The van der Waals surface area contributed by atoms with Crippen LogP contribution in [0.5, 0.6) is 0 Å². The summed E-state index contributed by atoms with van der Waals surface area (Å²) in [5.41, 5.74) is 13.7. The Morgan fingerprint density at radius 1 is 0.228 bits per heavy atom. The van der Waals surface area contributed by atoms with Crippen LogP contribution in [0.3, 0.4) is 0 Å². The van der Waals surface area contributed by atoms with Gasteiger partial charge in [0, 0.05) is 20.5 Å². The molecule has 266 valence electrons. The van der Waals surface area contributed by atoms with E-state index in [0.717, 1.165) is 0 Å². The molecule has 0 bridgehead atoms. The monoisotopic (exact) mass is 740 g/mol. The first-order valence-electron chi connectivity index (χ1n) is 19.6. The van der Waals surface area contributed by atoms with E-state index in [-0.39, 0.29) is 0 Å². The molecule has 1 aromatic heterocycles. The van der Waals surface area contributed by atoms with Gasteiger partial charge in [-0.1, -0.05) is 194 Å². The van der Waals surface area contributed by atoms with Gasteiger partial charge in [-0.2, -0.15) is 0 Å². The number of thiophene rings is 1. The molecule has 0 aliphatic carbocycles. The lowest BCUT2D eigenvalue weighted by Crippen LogP contribution is -1.91. The molecule has 0 saturated heterocycles. The Kier molecular flexibility index (Phi) is 8.12. The second kappa shape index (κ2) is 13.9. The highest BCUT2D eigenvalue weighted by Crippen LogP contribution is 2.47. The molecule has 0 aliphatic rings. The highest BCUT2D eigenvalue weighted by atomic mass is 32.1. The zero-order valence-electron chi connectivity index (χ0n) is 31.2. The second-order valence-corrected chi connectivity index (χ2v) is 15.9. The van der Waals surface area contributed by atoms with Gasteiger partial charge in [0.15, 0.2) is 0 Å². The van der Waals surface area contributed by atoms with Crippen molar-refractivity contribution in [3.63, 3.8) is 0 Å². The van der Waals surface area contributed by atoms with Crippen molar-refractivity contribution in [2.45, 2.75) is 0 Å². The van der Waals surface area contributed by atoms with E-state index < -0.39 is 0 Å². The summed E-state index contributed by atoms with van der Waals surface area (Å²) in [4.78, 5) is 1.31. The number of rotatable bonds is 6. The van der Waals surface area contributed by atoms with Crippen LogP contribution in [0.25, 0.3) is 108 Å². The summed E-state index contributed by atoms with van der Waals surface area (Å²) in [5.74, 6) is 0. The maximum absolute atomic E-state index is 2.39. The number of hydrogen-bond acceptors (Lipinski definition) is 1. The molecule has 0 spiro atoms. The minimum absolute atomic E-state index is 1.21. The standard InChI is InChI=1S/C56H36S/c1-3-15-39(16-4-1)55-51-36-45(32-33-52(51)57-56(55)41-17-5-2-6-18-41)38-26-29-40(30-27-38)53-47-22-9-11-24-49(47)54(50-25-12-10-23-48(50)53)46-21-13-20-43(35-46)44-31-28-37-14-7-8-19-42(37)34-44/h1-36H. The zero-order chi connectivity index (χ0) is 37.7. The van der Waals surface area contributed by atoms with E-state index in [2.05, 4.69) is 218 Å². The summed E-state index contributed by atoms with van der Waals surface area (Å²) in [7, 11) is 0. The molecular formula is C56H36S. The fraction of sp³-hybridized carbons (Fsp3) is 0. The highest BCUT2D eigenvalue weighted by molar-refractivity contribution is 7.23. The van der Waals surface area contributed by atoms with Crippen molar-refractivity contribution in [3.8, 4) is 66.1 Å². The smallest absolute Gasteiger partial charge is 0.0433 e. The van der Waals surface area contributed by atoms with E-state index in [0.29, 0.717) is 0 Å². The number of hydrogen-bond donors (Lipinski definition) is 0. The van der Waals surface area contributed by atoms with E-state index in [4.69, 9.17) is 0 Å². The molecule has 11 rings (SSSR count). The SMILES string of the molecule is c1ccc(-c2sc3ccc(-c4ccc(-c5c6ccccc6c(-c6cccc(-c7ccc8ccccc8c7)c6)c6ccccc56)cc4)cc3c2-c2ccccc2)cc1. The summed E-state index contributed by atoms with van der Waals surface area (Å²) in [6.07, 6.45) is 0. The molecular weight excluding hydrogens is 705 g/mol. The summed E-state index contributed by atoms with van der Waals surface area (Å²) in [5, 5.41) is 8.85. The molecule has 0 nitrogen and oxygen atoms in total. The summed E-state index contributed by atoms with van der Waals surface area (Å²) in [6.45, 7) is 0. The Morgan fingerprint density at radius 2 is 0.684 bits per heavy atom.